The summed E-state index contributed by atoms with van der Waals surface area (Å²) in [6.07, 6.45) is 1.59. The summed E-state index contributed by atoms with van der Waals surface area (Å²) in [7, 11) is 0. The molecule has 0 aliphatic carbocycles. The molecule has 0 aliphatic heterocycles. The summed E-state index contributed by atoms with van der Waals surface area (Å²) in [5, 5.41) is 0. The average Bonchev–Trinajstić information content (AvgIpc) is 2.38. The minimum Gasteiger partial charge on any atom is -0.454 e. The van der Waals surface area contributed by atoms with E-state index in [0.29, 0.717) is 0 Å². The van der Waals surface area contributed by atoms with Crippen LogP contribution in [0.2, 0.25) is 0 Å². The van der Waals surface area contributed by atoms with Gasteiger partial charge in [0.2, 0.25) is 0 Å². The molecule has 0 fully saturated rings. The molecular formula is C15H22O2. The molecule has 0 aromatic heterocycles. The van der Waals surface area contributed by atoms with E-state index < -0.39 is 5.60 Å². The smallest absolute Gasteiger partial charge is 0.309 e. The lowest BCUT2D eigenvalue weighted by Gasteiger charge is -2.30. The predicted octanol–water partition coefficient (Wildman–Crippen LogP) is 3.90. The van der Waals surface area contributed by atoms with E-state index in [4.69, 9.17) is 4.74 Å². The van der Waals surface area contributed by atoms with Crippen molar-refractivity contribution in [3.63, 3.8) is 0 Å². The van der Waals surface area contributed by atoms with E-state index in [1.54, 1.807) is 0 Å². The predicted molar refractivity (Wildman–Crippen MR) is 69.6 cm³/mol. The Bertz CT molecular complexity index is 358. The molecule has 2 unspecified atom stereocenters. The summed E-state index contributed by atoms with van der Waals surface area (Å²) < 4.78 is 5.69. The second kappa shape index (κ2) is 5.85. The van der Waals surface area contributed by atoms with Crippen LogP contribution in [0.1, 0.15) is 46.1 Å². The molecule has 94 valence electrons. The Morgan fingerprint density at radius 2 is 1.88 bits per heavy atom. The van der Waals surface area contributed by atoms with Crippen molar-refractivity contribution in [1.29, 1.82) is 0 Å². The topological polar surface area (TPSA) is 26.3 Å². The van der Waals surface area contributed by atoms with Gasteiger partial charge in [0.15, 0.2) is 0 Å². The van der Waals surface area contributed by atoms with E-state index in [1.807, 2.05) is 58.0 Å². The van der Waals surface area contributed by atoms with Crippen LogP contribution in [0.3, 0.4) is 0 Å². The monoisotopic (exact) mass is 234 g/mol. The Kier molecular flexibility index (Phi) is 4.73. The van der Waals surface area contributed by atoms with Crippen LogP contribution in [0.15, 0.2) is 30.3 Å². The van der Waals surface area contributed by atoms with Gasteiger partial charge in [0, 0.05) is 0 Å². The van der Waals surface area contributed by atoms with Gasteiger partial charge in [-0.05, 0) is 25.3 Å². The molecule has 0 saturated heterocycles. The van der Waals surface area contributed by atoms with Crippen molar-refractivity contribution in [1.82, 2.24) is 0 Å². The Morgan fingerprint density at radius 3 is 2.35 bits per heavy atom. The van der Waals surface area contributed by atoms with Crippen molar-refractivity contribution >= 4 is 5.97 Å². The van der Waals surface area contributed by atoms with Gasteiger partial charge < -0.3 is 4.74 Å². The molecule has 0 aliphatic rings. The lowest BCUT2D eigenvalue weighted by atomic mass is 9.93. The first-order valence-electron chi connectivity index (χ1n) is 6.32. The Morgan fingerprint density at radius 1 is 1.29 bits per heavy atom. The van der Waals surface area contributed by atoms with Crippen molar-refractivity contribution < 1.29 is 9.53 Å². The number of carbonyl (C=O) groups excluding carboxylic acids is 1. The van der Waals surface area contributed by atoms with Crippen molar-refractivity contribution in [3.05, 3.63) is 35.9 Å². The number of rotatable bonds is 5. The molecule has 1 aromatic rings. The zero-order chi connectivity index (χ0) is 12.9. The van der Waals surface area contributed by atoms with Gasteiger partial charge in [-0.2, -0.15) is 0 Å². The number of hydrogen-bond acceptors (Lipinski definition) is 2. The fraction of sp³-hybridized carbons (Fsp3) is 0.533. The van der Waals surface area contributed by atoms with E-state index in [0.717, 1.165) is 18.4 Å². The van der Waals surface area contributed by atoms with Crippen molar-refractivity contribution in [2.24, 2.45) is 5.92 Å². The lowest BCUT2D eigenvalue weighted by molar-refractivity contribution is -0.164. The largest absolute Gasteiger partial charge is 0.454 e. The molecule has 17 heavy (non-hydrogen) atoms. The molecule has 0 amide bonds. The van der Waals surface area contributed by atoms with Crippen LogP contribution in [0.5, 0.6) is 0 Å². The molecule has 0 heterocycles. The normalized spacial score (nSPS) is 16.0. The van der Waals surface area contributed by atoms with Crippen LogP contribution >= 0.6 is 0 Å². The molecule has 0 spiro atoms. The molecule has 2 heteroatoms. The van der Waals surface area contributed by atoms with Crippen molar-refractivity contribution in [2.75, 3.05) is 0 Å². The van der Waals surface area contributed by atoms with Gasteiger partial charge in [0.25, 0.3) is 0 Å². The maximum Gasteiger partial charge on any atom is 0.309 e. The maximum atomic E-state index is 11.9. The van der Waals surface area contributed by atoms with Crippen LogP contribution in [-0.4, -0.2) is 5.97 Å². The second-order valence-electron chi connectivity index (χ2n) is 4.68. The number of hydrogen-bond donors (Lipinski definition) is 0. The first-order chi connectivity index (χ1) is 8.03. The first kappa shape index (κ1) is 13.8. The lowest BCUT2D eigenvalue weighted by Crippen LogP contribution is -2.30. The van der Waals surface area contributed by atoms with Crippen molar-refractivity contribution in [3.8, 4) is 0 Å². The van der Waals surface area contributed by atoms with E-state index >= 15 is 0 Å². The zero-order valence-corrected chi connectivity index (χ0v) is 11.2. The number of ether oxygens (including phenoxy) is 1. The van der Waals surface area contributed by atoms with Gasteiger partial charge in [-0.15, -0.1) is 0 Å². The Labute approximate surface area is 104 Å². The molecular weight excluding hydrogens is 212 g/mol. The van der Waals surface area contributed by atoms with Gasteiger partial charge in [-0.3, -0.25) is 4.79 Å². The summed E-state index contributed by atoms with van der Waals surface area (Å²) in [5.41, 5.74) is 0.543. The minimum atomic E-state index is -0.512. The summed E-state index contributed by atoms with van der Waals surface area (Å²) in [6, 6.07) is 9.93. The SMILES string of the molecule is CCC(C)C(=O)OC(C)(CC)c1ccccc1. The van der Waals surface area contributed by atoms with Crippen LogP contribution < -0.4 is 0 Å². The highest BCUT2D eigenvalue weighted by atomic mass is 16.6. The molecule has 0 saturated carbocycles. The highest BCUT2D eigenvalue weighted by Gasteiger charge is 2.30. The van der Waals surface area contributed by atoms with Crippen LogP contribution in [0.25, 0.3) is 0 Å². The van der Waals surface area contributed by atoms with E-state index in [9.17, 15) is 4.79 Å². The quantitative estimate of drug-likeness (QED) is 0.722. The second-order valence-corrected chi connectivity index (χ2v) is 4.68. The van der Waals surface area contributed by atoms with E-state index in [-0.39, 0.29) is 11.9 Å². The fourth-order valence-corrected chi connectivity index (χ4v) is 1.62. The van der Waals surface area contributed by atoms with Gasteiger partial charge in [-0.25, -0.2) is 0 Å². The molecule has 0 radical (unpaired) electrons. The molecule has 1 aromatic carbocycles. The summed E-state index contributed by atoms with van der Waals surface area (Å²) in [4.78, 5) is 11.9. The molecule has 1 rings (SSSR count). The molecule has 2 nitrogen and oxygen atoms in total. The third-order valence-corrected chi connectivity index (χ3v) is 3.40. The summed E-state index contributed by atoms with van der Waals surface area (Å²) in [5.74, 6) is -0.148. The summed E-state index contributed by atoms with van der Waals surface area (Å²) >= 11 is 0. The van der Waals surface area contributed by atoms with Crippen LogP contribution in [0, 0.1) is 5.92 Å². The summed E-state index contributed by atoms with van der Waals surface area (Å²) in [6.45, 7) is 7.92. The Balaban J connectivity index is 2.87. The number of esters is 1. The van der Waals surface area contributed by atoms with Crippen LogP contribution in [-0.2, 0) is 15.1 Å². The number of benzene rings is 1. The minimum absolute atomic E-state index is 0.0374. The average molecular weight is 234 g/mol. The Hall–Kier alpha value is -1.31. The maximum absolute atomic E-state index is 11.9. The van der Waals surface area contributed by atoms with Gasteiger partial charge in [-0.1, -0.05) is 51.1 Å². The number of carbonyl (C=O) groups is 1. The molecule has 0 N–H and O–H groups in total. The van der Waals surface area contributed by atoms with Crippen molar-refractivity contribution in [2.45, 2.75) is 46.1 Å². The molecule has 2 atom stereocenters. The highest BCUT2D eigenvalue weighted by molar-refractivity contribution is 5.72. The van der Waals surface area contributed by atoms with E-state index in [1.165, 1.54) is 0 Å². The molecule has 0 bridgehead atoms. The third kappa shape index (κ3) is 3.32. The third-order valence-electron chi connectivity index (χ3n) is 3.40. The van der Waals surface area contributed by atoms with Gasteiger partial charge in [0.05, 0.1) is 5.92 Å². The highest BCUT2D eigenvalue weighted by Crippen LogP contribution is 2.30. The van der Waals surface area contributed by atoms with Gasteiger partial charge in [0.1, 0.15) is 5.60 Å². The fourth-order valence-electron chi connectivity index (χ4n) is 1.62. The zero-order valence-electron chi connectivity index (χ0n) is 11.2. The van der Waals surface area contributed by atoms with E-state index in [2.05, 4.69) is 0 Å². The van der Waals surface area contributed by atoms with Crippen LogP contribution in [0.4, 0.5) is 0 Å². The first-order valence-corrected chi connectivity index (χ1v) is 6.32. The van der Waals surface area contributed by atoms with Gasteiger partial charge >= 0.3 is 5.97 Å². The standard InChI is InChI=1S/C15H22O2/c1-5-12(3)14(16)17-15(4,6-2)13-10-8-7-9-11-13/h7-12H,5-6H2,1-4H3.